The van der Waals surface area contributed by atoms with Crippen LogP contribution in [0.15, 0.2) is 39.6 Å². The Morgan fingerprint density at radius 3 is 2.56 bits per heavy atom. The van der Waals surface area contributed by atoms with Crippen molar-refractivity contribution in [1.29, 1.82) is 0 Å². The van der Waals surface area contributed by atoms with E-state index in [9.17, 15) is 13.2 Å². The van der Waals surface area contributed by atoms with E-state index in [2.05, 4.69) is 16.0 Å². The minimum atomic E-state index is -3.95. The molecule has 0 unspecified atom stereocenters. The van der Waals surface area contributed by atoms with E-state index in [0.29, 0.717) is 38.6 Å². The van der Waals surface area contributed by atoms with E-state index in [1.54, 1.807) is 42.3 Å². The lowest BCUT2D eigenvalue weighted by Gasteiger charge is -2.38. The van der Waals surface area contributed by atoms with E-state index in [0.717, 1.165) is 22.2 Å². The summed E-state index contributed by atoms with van der Waals surface area (Å²) >= 11 is 3.39. The maximum absolute atomic E-state index is 13.5. The van der Waals surface area contributed by atoms with Crippen molar-refractivity contribution < 1.29 is 22.7 Å². The fourth-order valence-corrected chi connectivity index (χ4v) is 8.20. The number of thiazole rings is 1. The van der Waals surface area contributed by atoms with Gasteiger partial charge in [0.1, 0.15) is 5.75 Å². The molecule has 0 bridgehead atoms. The van der Waals surface area contributed by atoms with Crippen LogP contribution in [0.1, 0.15) is 36.8 Å². The number of carbonyl (C=O) groups excluding carboxylic acids is 1. The summed E-state index contributed by atoms with van der Waals surface area (Å²) in [6.07, 6.45) is 5.24. The zero-order chi connectivity index (χ0) is 26.2. The predicted octanol–water partition coefficient (Wildman–Crippen LogP) is 3.79. The lowest BCUT2D eigenvalue weighted by Crippen LogP contribution is -2.57. The van der Waals surface area contributed by atoms with Crippen LogP contribution >= 0.6 is 23.1 Å². The zero-order valence-electron chi connectivity index (χ0n) is 21.1. The highest BCUT2D eigenvalue weighted by molar-refractivity contribution is 8.01. The highest BCUT2D eigenvalue weighted by Crippen LogP contribution is 2.36. The lowest BCUT2D eigenvalue weighted by molar-refractivity contribution is -0.121. The van der Waals surface area contributed by atoms with Gasteiger partial charge >= 0.3 is 0 Å². The van der Waals surface area contributed by atoms with Crippen LogP contribution in [0, 0.1) is 6.92 Å². The number of hydrogen-bond donors (Lipinski definition) is 1. The molecule has 8 nitrogen and oxygen atoms in total. The molecule has 1 saturated heterocycles. The number of ether oxygens (including phenoxy) is 2. The van der Waals surface area contributed by atoms with Crippen molar-refractivity contribution in [1.82, 2.24) is 9.88 Å². The van der Waals surface area contributed by atoms with Crippen LogP contribution in [0.4, 0.5) is 0 Å². The Morgan fingerprint density at radius 2 is 1.94 bits per heavy atom. The number of likely N-dealkylation sites (tertiary alicyclic amines) is 1. The molecular formula is C25H35N3O5S3. The Labute approximate surface area is 222 Å². The van der Waals surface area contributed by atoms with Gasteiger partial charge in [-0.05, 0) is 63.5 Å². The number of primary amides is 1. The van der Waals surface area contributed by atoms with Crippen LogP contribution in [0.3, 0.4) is 0 Å². The third-order valence-electron chi connectivity index (χ3n) is 6.29. The molecule has 0 saturated carbocycles. The van der Waals surface area contributed by atoms with Gasteiger partial charge < -0.3 is 20.1 Å². The Morgan fingerprint density at radius 1 is 1.25 bits per heavy atom. The summed E-state index contributed by atoms with van der Waals surface area (Å²) in [4.78, 5) is 20.4. The minimum absolute atomic E-state index is 0.0885. The topological polar surface area (TPSA) is 112 Å². The molecule has 0 atom stereocenters. The molecular weight excluding hydrogens is 518 g/mol. The van der Waals surface area contributed by atoms with Crippen LogP contribution < -0.4 is 10.5 Å². The van der Waals surface area contributed by atoms with Gasteiger partial charge in [-0.25, -0.2) is 13.4 Å². The van der Waals surface area contributed by atoms with Crippen LogP contribution in [-0.2, 0) is 19.4 Å². The highest BCUT2D eigenvalue weighted by Gasteiger charge is 2.51. The van der Waals surface area contributed by atoms with Gasteiger partial charge in [0.25, 0.3) is 0 Å². The molecule has 11 heteroatoms. The molecule has 1 aromatic heterocycles. The number of nitrogens with zero attached hydrogens (tertiary/aromatic N) is 2. The summed E-state index contributed by atoms with van der Waals surface area (Å²) in [6.45, 7) is 6.71. The van der Waals surface area contributed by atoms with E-state index >= 15 is 0 Å². The van der Waals surface area contributed by atoms with Crippen molar-refractivity contribution in [2.24, 2.45) is 5.73 Å². The van der Waals surface area contributed by atoms with Crippen molar-refractivity contribution in [2.45, 2.75) is 47.1 Å². The zero-order valence-corrected chi connectivity index (χ0v) is 23.5. The standard InChI is InChI=1S/C25H35N3O5S3/c1-4-6-22-19(2)27-24(35-22)34-18-5-16-33-20-7-9-21(10-8-20)36(30,31)25(23(26)29)11-13-28(14-12-25)15-17-32-3/h4,6-10H,5,11-18H2,1-3H3,(H2,26,29)/b6-4-. The summed E-state index contributed by atoms with van der Waals surface area (Å²) in [5, 5.41) is 0. The SMILES string of the molecule is C/C=C\c1sc(SCCCOc2ccc(S(=O)(=O)C3(C(N)=O)CCN(CCOC)CC3)cc2)nc1C. The Hall–Kier alpha value is -1.92. The molecule has 0 radical (unpaired) electrons. The average Bonchev–Trinajstić information content (AvgIpc) is 3.22. The minimum Gasteiger partial charge on any atom is -0.494 e. The number of aryl methyl sites for hydroxylation is 1. The molecule has 1 aliphatic rings. The molecule has 1 amide bonds. The molecule has 198 valence electrons. The van der Waals surface area contributed by atoms with Crippen molar-refractivity contribution >= 4 is 44.9 Å². The molecule has 1 fully saturated rings. The van der Waals surface area contributed by atoms with Crippen LogP contribution in [0.5, 0.6) is 5.75 Å². The second-order valence-corrected chi connectivity index (χ2v) is 13.3. The highest BCUT2D eigenvalue weighted by atomic mass is 32.2. The summed E-state index contributed by atoms with van der Waals surface area (Å²) in [6, 6.07) is 6.27. The fourth-order valence-electron chi connectivity index (χ4n) is 4.11. The number of methoxy groups -OCH3 is 1. The normalized spacial score (nSPS) is 16.4. The number of nitrogens with two attached hydrogens (primary N) is 1. The number of aromatic nitrogens is 1. The average molecular weight is 554 g/mol. The van der Waals surface area contributed by atoms with Gasteiger partial charge in [-0.15, -0.1) is 11.3 Å². The number of rotatable bonds is 13. The number of carbonyl (C=O) groups is 1. The number of piperidine rings is 1. The molecule has 0 aliphatic carbocycles. The maximum atomic E-state index is 13.5. The molecule has 1 aliphatic heterocycles. The van der Waals surface area contributed by atoms with Gasteiger partial charge in [0.15, 0.2) is 18.9 Å². The first-order chi connectivity index (χ1) is 17.2. The van der Waals surface area contributed by atoms with E-state index in [4.69, 9.17) is 15.2 Å². The summed E-state index contributed by atoms with van der Waals surface area (Å²) < 4.78 is 37.3. The summed E-state index contributed by atoms with van der Waals surface area (Å²) in [7, 11) is -2.33. The number of hydrogen-bond acceptors (Lipinski definition) is 9. The van der Waals surface area contributed by atoms with E-state index in [1.165, 1.54) is 17.0 Å². The van der Waals surface area contributed by atoms with Crippen molar-refractivity contribution in [3.63, 3.8) is 0 Å². The van der Waals surface area contributed by atoms with E-state index in [-0.39, 0.29) is 17.7 Å². The maximum Gasteiger partial charge on any atom is 0.239 e. The van der Waals surface area contributed by atoms with Crippen molar-refractivity contribution in [3.05, 3.63) is 40.9 Å². The van der Waals surface area contributed by atoms with Gasteiger partial charge in [0.2, 0.25) is 5.91 Å². The molecule has 2 heterocycles. The van der Waals surface area contributed by atoms with Crippen molar-refractivity contribution in [2.75, 3.05) is 45.7 Å². The number of amides is 1. The first-order valence-corrected chi connectivity index (χ1v) is 15.2. The number of allylic oxidation sites excluding steroid dienone is 1. The van der Waals surface area contributed by atoms with Crippen LogP contribution in [0.25, 0.3) is 6.08 Å². The van der Waals surface area contributed by atoms with Gasteiger partial charge in [0, 0.05) is 32.5 Å². The van der Waals surface area contributed by atoms with Crippen LogP contribution in [0.2, 0.25) is 0 Å². The smallest absolute Gasteiger partial charge is 0.239 e. The Bertz CT molecular complexity index is 1140. The molecule has 36 heavy (non-hydrogen) atoms. The fraction of sp³-hybridized carbons (Fsp3) is 0.520. The number of sulfone groups is 1. The monoisotopic (exact) mass is 553 g/mol. The van der Waals surface area contributed by atoms with Gasteiger partial charge in [-0.3, -0.25) is 4.79 Å². The first-order valence-electron chi connectivity index (χ1n) is 11.9. The second kappa shape index (κ2) is 13.0. The number of benzene rings is 1. The van der Waals surface area contributed by atoms with Gasteiger partial charge in [0.05, 0.1) is 28.7 Å². The summed E-state index contributed by atoms with van der Waals surface area (Å²) in [5.74, 6) is 0.666. The first kappa shape index (κ1) is 28.6. The van der Waals surface area contributed by atoms with E-state index in [1.807, 2.05) is 19.9 Å². The van der Waals surface area contributed by atoms with Crippen molar-refractivity contribution in [3.8, 4) is 5.75 Å². The molecule has 0 spiro atoms. The Balaban J connectivity index is 1.54. The predicted molar refractivity (Wildman–Crippen MR) is 145 cm³/mol. The van der Waals surface area contributed by atoms with Crippen LogP contribution in [-0.4, -0.2) is 74.7 Å². The molecule has 3 rings (SSSR count). The third kappa shape index (κ3) is 6.69. The molecule has 2 N–H and O–H groups in total. The van der Waals surface area contributed by atoms with Gasteiger partial charge in [-0.1, -0.05) is 17.8 Å². The molecule has 2 aromatic rings. The molecule has 1 aromatic carbocycles. The quantitative estimate of drug-likeness (QED) is 0.295. The summed E-state index contributed by atoms with van der Waals surface area (Å²) in [5.41, 5.74) is 6.71. The second-order valence-electron chi connectivity index (χ2n) is 8.65. The lowest BCUT2D eigenvalue weighted by atomic mass is 9.95. The third-order valence-corrected chi connectivity index (χ3v) is 11.2. The van der Waals surface area contributed by atoms with E-state index < -0.39 is 20.5 Å². The number of thioether (sulfide) groups is 1. The van der Waals surface area contributed by atoms with Gasteiger partial charge in [-0.2, -0.15) is 0 Å². The largest absolute Gasteiger partial charge is 0.494 e. The Kier molecular flexibility index (Phi) is 10.4.